The zero-order chi connectivity index (χ0) is 33.1. The highest BCUT2D eigenvalue weighted by atomic mass is 79.9. The van der Waals surface area contributed by atoms with Crippen LogP contribution in [0, 0.1) is 0 Å². The van der Waals surface area contributed by atoms with Gasteiger partial charge in [-0.2, -0.15) is 26.3 Å². The third kappa shape index (κ3) is 12.8. The maximum absolute atomic E-state index is 12.4. The lowest BCUT2D eigenvalue weighted by Crippen LogP contribution is -2.29. The summed E-state index contributed by atoms with van der Waals surface area (Å²) in [7, 11) is 1.65. The summed E-state index contributed by atoms with van der Waals surface area (Å²) in [6, 6.07) is 24.8. The number of alkyl halides is 6. The number of hydrogen-bond donors (Lipinski definition) is 4. The van der Waals surface area contributed by atoms with Gasteiger partial charge < -0.3 is 29.7 Å². The second-order valence-corrected chi connectivity index (χ2v) is 9.86. The predicted molar refractivity (Wildman–Crippen MR) is 164 cm³/mol. The summed E-state index contributed by atoms with van der Waals surface area (Å²) in [6.07, 6.45) is -14.1. The number of halogens is 7. The first kappa shape index (κ1) is 39.5. The standard InChI is InChI=1S/C15H13F3O2.C8H6BrF3O.C7H9BO3.CH4/c1-20-13-4-2-3-12(9-13)10-5-7-11(8-6-10)14(19)15(16,17)18;9-6-3-1-5(2-4-6)7(13)8(10,11)12;1-11-7-4-2-3-6(5-7)8(9)10;/h2-9,14,19H,1H3;1-4,7,13H;2-5,9-10H,1H3;1H4/t14-;7-;;/m11../s1. The first-order valence-corrected chi connectivity index (χ1v) is 13.4. The van der Waals surface area contributed by atoms with Crippen LogP contribution in [0.5, 0.6) is 11.5 Å². The Morgan fingerprint density at radius 3 is 1.47 bits per heavy atom. The van der Waals surface area contributed by atoms with Crippen LogP contribution in [0.4, 0.5) is 26.3 Å². The van der Waals surface area contributed by atoms with Gasteiger partial charge in [-0.15, -0.1) is 0 Å². The lowest BCUT2D eigenvalue weighted by Gasteiger charge is -2.15. The number of hydrogen-bond acceptors (Lipinski definition) is 6. The molecule has 0 aliphatic carbocycles. The molecule has 0 bridgehead atoms. The monoisotopic (exact) mass is 704 g/mol. The fraction of sp³-hybridized carbons (Fsp3) is 0.226. The number of aliphatic hydroxyl groups is 2. The molecule has 2 atom stereocenters. The van der Waals surface area contributed by atoms with Gasteiger partial charge in [-0.25, -0.2) is 0 Å². The third-order valence-electron chi connectivity index (χ3n) is 5.83. The molecule has 6 nitrogen and oxygen atoms in total. The largest absolute Gasteiger partial charge is 0.497 e. The molecule has 4 rings (SSSR count). The van der Waals surface area contributed by atoms with E-state index < -0.39 is 31.7 Å². The molecule has 0 aliphatic heterocycles. The highest BCUT2D eigenvalue weighted by molar-refractivity contribution is 9.10. The van der Waals surface area contributed by atoms with Crippen LogP contribution in [0.3, 0.4) is 0 Å². The second kappa shape index (κ2) is 17.8. The van der Waals surface area contributed by atoms with Crippen LogP contribution < -0.4 is 14.9 Å². The van der Waals surface area contributed by atoms with Gasteiger partial charge in [-0.1, -0.05) is 84.0 Å². The molecule has 4 aromatic rings. The molecule has 0 unspecified atom stereocenters. The van der Waals surface area contributed by atoms with E-state index in [1.165, 1.54) is 43.5 Å². The Balaban J connectivity index is 0.000000353. The predicted octanol–water partition coefficient (Wildman–Crippen LogP) is 7.01. The second-order valence-electron chi connectivity index (χ2n) is 8.94. The highest BCUT2D eigenvalue weighted by Crippen LogP contribution is 2.34. The SMILES string of the molecule is C.COc1cccc(-c2ccc([C@@H](O)C(F)(F)F)cc2)c1.COc1cccc(B(O)O)c1.O[C@H](c1ccc(Br)cc1)C(F)(F)F. The lowest BCUT2D eigenvalue weighted by atomic mass is 9.80. The molecule has 4 aromatic carbocycles. The van der Waals surface area contributed by atoms with Crippen LogP contribution in [-0.4, -0.2) is 54.0 Å². The Bertz CT molecular complexity index is 1430. The molecule has 4 N–H and O–H groups in total. The van der Waals surface area contributed by atoms with Gasteiger partial charge >= 0.3 is 19.5 Å². The van der Waals surface area contributed by atoms with Crippen LogP contribution >= 0.6 is 15.9 Å². The molecule has 14 heteroatoms. The van der Waals surface area contributed by atoms with E-state index in [0.717, 1.165) is 11.1 Å². The molecule has 0 aliphatic rings. The molecule has 0 heterocycles. The molecule has 0 radical (unpaired) electrons. The van der Waals surface area contributed by atoms with Crippen molar-refractivity contribution in [1.82, 2.24) is 0 Å². The zero-order valence-corrected chi connectivity index (χ0v) is 24.8. The molecule has 0 saturated carbocycles. The van der Waals surface area contributed by atoms with Crippen molar-refractivity contribution in [1.29, 1.82) is 0 Å². The van der Waals surface area contributed by atoms with Gasteiger partial charge in [0.15, 0.2) is 12.2 Å². The Morgan fingerprint density at radius 1 is 0.622 bits per heavy atom. The average Bonchev–Trinajstić information content (AvgIpc) is 3.00. The number of rotatable bonds is 6. The molecule has 0 aromatic heterocycles. The van der Waals surface area contributed by atoms with E-state index in [0.29, 0.717) is 21.4 Å². The van der Waals surface area contributed by atoms with Crippen molar-refractivity contribution in [3.63, 3.8) is 0 Å². The van der Waals surface area contributed by atoms with Crippen molar-refractivity contribution < 1.29 is 56.1 Å². The van der Waals surface area contributed by atoms with Crippen LogP contribution in [0.15, 0.2) is 102 Å². The Morgan fingerprint density at radius 2 is 1.04 bits per heavy atom. The van der Waals surface area contributed by atoms with Gasteiger partial charge in [0, 0.05) is 4.47 Å². The minimum atomic E-state index is -4.66. The first-order chi connectivity index (χ1) is 20.6. The summed E-state index contributed by atoms with van der Waals surface area (Å²) in [5.74, 6) is 1.29. The fourth-order valence-electron chi connectivity index (χ4n) is 3.49. The van der Waals surface area contributed by atoms with Crippen LogP contribution in [0.2, 0.25) is 0 Å². The van der Waals surface area contributed by atoms with Crippen LogP contribution in [-0.2, 0) is 0 Å². The summed E-state index contributed by atoms with van der Waals surface area (Å²) in [5.41, 5.74) is 1.68. The Labute approximate surface area is 265 Å². The minimum absolute atomic E-state index is 0. The topological polar surface area (TPSA) is 99.4 Å². The van der Waals surface area contributed by atoms with Gasteiger partial charge in [0.2, 0.25) is 0 Å². The molecular weight excluding hydrogens is 673 g/mol. The summed E-state index contributed by atoms with van der Waals surface area (Å²) >= 11 is 3.08. The zero-order valence-electron chi connectivity index (χ0n) is 23.2. The van der Waals surface area contributed by atoms with Crippen molar-refractivity contribution in [2.24, 2.45) is 0 Å². The fourth-order valence-corrected chi connectivity index (χ4v) is 3.75. The average molecular weight is 705 g/mol. The maximum atomic E-state index is 12.4. The number of benzene rings is 4. The van der Waals surface area contributed by atoms with E-state index in [2.05, 4.69) is 15.9 Å². The number of aliphatic hydroxyl groups excluding tert-OH is 2. The maximum Gasteiger partial charge on any atom is 0.488 e. The quantitative estimate of drug-likeness (QED) is 0.127. The van der Waals surface area contributed by atoms with E-state index in [4.69, 9.17) is 29.7 Å². The molecule has 45 heavy (non-hydrogen) atoms. The van der Waals surface area contributed by atoms with Crippen LogP contribution in [0.25, 0.3) is 11.1 Å². The summed E-state index contributed by atoms with van der Waals surface area (Å²) in [5, 5.41) is 35.5. The van der Waals surface area contributed by atoms with Gasteiger partial charge in [0.1, 0.15) is 11.5 Å². The molecular formula is C31H32BBrF6O6. The van der Waals surface area contributed by atoms with Gasteiger partial charge in [0.05, 0.1) is 14.2 Å². The van der Waals surface area contributed by atoms with Crippen molar-refractivity contribution in [2.45, 2.75) is 32.0 Å². The summed E-state index contributed by atoms with van der Waals surface area (Å²) in [6.45, 7) is 0. The molecule has 0 fully saturated rings. The molecule has 0 saturated heterocycles. The van der Waals surface area contributed by atoms with E-state index in [9.17, 15) is 26.3 Å². The molecule has 0 spiro atoms. The van der Waals surface area contributed by atoms with Gasteiger partial charge in [-0.3, -0.25) is 0 Å². The van der Waals surface area contributed by atoms with Crippen molar-refractivity contribution in [2.75, 3.05) is 14.2 Å². The Kier molecular flexibility index (Phi) is 15.6. The van der Waals surface area contributed by atoms with E-state index in [1.807, 2.05) is 6.07 Å². The van der Waals surface area contributed by atoms with E-state index in [1.54, 1.807) is 61.7 Å². The summed E-state index contributed by atoms with van der Waals surface area (Å²) < 4.78 is 83.7. The number of methoxy groups -OCH3 is 2. The highest BCUT2D eigenvalue weighted by Gasteiger charge is 2.40. The van der Waals surface area contributed by atoms with E-state index in [-0.39, 0.29) is 18.6 Å². The summed E-state index contributed by atoms with van der Waals surface area (Å²) in [4.78, 5) is 0. The smallest absolute Gasteiger partial charge is 0.488 e. The number of ether oxygens (including phenoxy) is 2. The molecule has 244 valence electrons. The van der Waals surface area contributed by atoms with Crippen LogP contribution in [0.1, 0.15) is 30.8 Å². The third-order valence-corrected chi connectivity index (χ3v) is 6.36. The van der Waals surface area contributed by atoms with Gasteiger partial charge in [-0.05, 0) is 64.1 Å². The minimum Gasteiger partial charge on any atom is -0.497 e. The normalized spacial score (nSPS) is 12.2. The van der Waals surface area contributed by atoms with Crippen molar-refractivity contribution in [3.8, 4) is 22.6 Å². The molecule has 0 amide bonds. The van der Waals surface area contributed by atoms with Crippen molar-refractivity contribution in [3.05, 3.63) is 113 Å². The van der Waals surface area contributed by atoms with Gasteiger partial charge in [0.25, 0.3) is 0 Å². The first-order valence-electron chi connectivity index (χ1n) is 12.6. The Hall–Kier alpha value is -3.56. The van der Waals surface area contributed by atoms with Crippen molar-refractivity contribution >= 4 is 28.5 Å². The van der Waals surface area contributed by atoms with E-state index >= 15 is 0 Å². The lowest BCUT2D eigenvalue weighted by molar-refractivity contribution is -0.207.